The predicted octanol–water partition coefficient (Wildman–Crippen LogP) is 1.35. The van der Waals surface area contributed by atoms with Crippen LogP contribution in [0.4, 0.5) is 0 Å². The van der Waals surface area contributed by atoms with Crippen LogP contribution in [0.3, 0.4) is 0 Å². The SMILES string of the molecule is CN1CCC(N2CCC(c3nnc(-c4cncn4C)o3)C2)CC1. The van der Waals surface area contributed by atoms with Crippen LogP contribution in [0.15, 0.2) is 16.9 Å². The van der Waals surface area contributed by atoms with Crippen LogP contribution >= 0.6 is 0 Å². The quantitative estimate of drug-likeness (QED) is 0.852. The van der Waals surface area contributed by atoms with Crippen molar-refractivity contribution in [2.24, 2.45) is 7.05 Å². The van der Waals surface area contributed by atoms with Gasteiger partial charge in [-0.15, -0.1) is 10.2 Å². The second kappa shape index (κ2) is 6.05. The summed E-state index contributed by atoms with van der Waals surface area (Å²) in [5.41, 5.74) is 0.869. The second-order valence-corrected chi connectivity index (χ2v) is 6.85. The Kier molecular flexibility index (Phi) is 3.90. The summed E-state index contributed by atoms with van der Waals surface area (Å²) in [6.45, 7) is 4.60. The van der Waals surface area contributed by atoms with Crippen LogP contribution in [-0.4, -0.2) is 68.8 Å². The second-order valence-electron chi connectivity index (χ2n) is 6.85. The van der Waals surface area contributed by atoms with E-state index in [2.05, 4.69) is 32.0 Å². The molecule has 2 aliphatic rings. The third-order valence-corrected chi connectivity index (χ3v) is 5.25. The number of rotatable bonds is 3. The van der Waals surface area contributed by atoms with Gasteiger partial charge in [0.15, 0.2) is 0 Å². The van der Waals surface area contributed by atoms with Gasteiger partial charge in [-0.05, 0) is 45.9 Å². The van der Waals surface area contributed by atoms with E-state index in [0.717, 1.165) is 37.1 Å². The van der Waals surface area contributed by atoms with Crippen molar-refractivity contribution < 1.29 is 4.42 Å². The minimum atomic E-state index is 0.365. The molecule has 7 nitrogen and oxygen atoms in total. The average molecular weight is 316 g/mol. The Hall–Kier alpha value is -1.73. The zero-order chi connectivity index (χ0) is 15.8. The first-order valence-corrected chi connectivity index (χ1v) is 8.43. The Morgan fingerprint density at radius 1 is 1.09 bits per heavy atom. The lowest BCUT2D eigenvalue weighted by Crippen LogP contribution is -2.42. The number of imidazole rings is 1. The lowest BCUT2D eigenvalue weighted by atomic mass is 10.0. The first-order chi connectivity index (χ1) is 11.2. The van der Waals surface area contributed by atoms with E-state index >= 15 is 0 Å². The number of nitrogens with zero attached hydrogens (tertiary/aromatic N) is 6. The smallest absolute Gasteiger partial charge is 0.265 e. The molecule has 0 aromatic carbocycles. The summed E-state index contributed by atoms with van der Waals surface area (Å²) in [6.07, 6.45) is 7.16. The molecule has 23 heavy (non-hydrogen) atoms. The molecule has 2 aromatic rings. The molecule has 0 aliphatic carbocycles. The molecule has 2 aromatic heterocycles. The fourth-order valence-corrected chi connectivity index (χ4v) is 3.75. The lowest BCUT2D eigenvalue weighted by molar-refractivity contribution is 0.141. The summed E-state index contributed by atoms with van der Waals surface area (Å²) < 4.78 is 7.83. The van der Waals surface area contributed by atoms with Crippen LogP contribution in [0.5, 0.6) is 0 Å². The van der Waals surface area contributed by atoms with Crippen molar-refractivity contribution in [3.8, 4) is 11.6 Å². The third kappa shape index (κ3) is 2.90. The summed E-state index contributed by atoms with van der Waals surface area (Å²) >= 11 is 0. The topological polar surface area (TPSA) is 63.2 Å². The van der Waals surface area contributed by atoms with Crippen molar-refractivity contribution in [3.63, 3.8) is 0 Å². The first-order valence-electron chi connectivity index (χ1n) is 8.43. The summed E-state index contributed by atoms with van der Waals surface area (Å²) in [4.78, 5) is 9.14. The van der Waals surface area contributed by atoms with E-state index in [0.29, 0.717) is 11.8 Å². The molecule has 4 heterocycles. The Morgan fingerprint density at radius 2 is 1.91 bits per heavy atom. The monoisotopic (exact) mass is 316 g/mol. The number of aryl methyl sites for hydroxylation is 1. The largest absolute Gasteiger partial charge is 0.419 e. The summed E-state index contributed by atoms with van der Waals surface area (Å²) in [6, 6.07) is 0.718. The van der Waals surface area contributed by atoms with Gasteiger partial charge in [0.2, 0.25) is 5.89 Å². The van der Waals surface area contributed by atoms with Crippen LogP contribution in [-0.2, 0) is 7.05 Å². The zero-order valence-corrected chi connectivity index (χ0v) is 13.9. The molecular weight excluding hydrogens is 292 g/mol. The highest BCUT2D eigenvalue weighted by atomic mass is 16.4. The molecule has 0 radical (unpaired) electrons. The fraction of sp³-hybridized carbons (Fsp3) is 0.688. The van der Waals surface area contributed by atoms with E-state index in [9.17, 15) is 0 Å². The van der Waals surface area contributed by atoms with Crippen molar-refractivity contribution in [1.29, 1.82) is 0 Å². The van der Waals surface area contributed by atoms with Crippen molar-refractivity contribution >= 4 is 0 Å². The highest BCUT2D eigenvalue weighted by molar-refractivity contribution is 5.44. The fourth-order valence-electron chi connectivity index (χ4n) is 3.75. The molecule has 1 unspecified atom stereocenters. The minimum absolute atomic E-state index is 0.365. The van der Waals surface area contributed by atoms with Crippen LogP contribution in [0.25, 0.3) is 11.6 Å². The number of piperidine rings is 1. The summed E-state index contributed by atoms with van der Waals surface area (Å²) in [5.74, 6) is 1.71. The van der Waals surface area contributed by atoms with Crippen molar-refractivity contribution in [3.05, 3.63) is 18.4 Å². The van der Waals surface area contributed by atoms with E-state index in [-0.39, 0.29) is 0 Å². The van der Waals surface area contributed by atoms with E-state index in [1.165, 1.54) is 25.9 Å². The van der Waals surface area contributed by atoms with Gasteiger partial charge in [0.25, 0.3) is 5.89 Å². The Balaban J connectivity index is 1.42. The van der Waals surface area contributed by atoms with E-state index in [4.69, 9.17) is 4.42 Å². The van der Waals surface area contributed by atoms with Gasteiger partial charge in [-0.3, -0.25) is 4.90 Å². The maximum atomic E-state index is 5.93. The Labute approximate surface area is 136 Å². The number of hydrogen-bond acceptors (Lipinski definition) is 6. The molecule has 0 N–H and O–H groups in total. The van der Waals surface area contributed by atoms with Crippen LogP contribution in [0.2, 0.25) is 0 Å². The molecule has 2 saturated heterocycles. The first kappa shape index (κ1) is 14.8. The van der Waals surface area contributed by atoms with E-state index < -0.39 is 0 Å². The molecule has 0 amide bonds. The lowest BCUT2D eigenvalue weighted by Gasteiger charge is -2.35. The molecular formula is C16H24N6O. The summed E-state index contributed by atoms with van der Waals surface area (Å²) in [7, 11) is 4.14. The predicted molar refractivity (Wildman–Crippen MR) is 86.0 cm³/mol. The van der Waals surface area contributed by atoms with Crippen molar-refractivity contribution in [1.82, 2.24) is 29.5 Å². The van der Waals surface area contributed by atoms with Gasteiger partial charge < -0.3 is 13.9 Å². The number of aromatic nitrogens is 4. The molecule has 124 valence electrons. The van der Waals surface area contributed by atoms with Gasteiger partial charge >= 0.3 is 0 Å². The molecule has 0 bridgehead atoms. The molecule has 0 saturated carbocycles. The normalized spacial score (nSPS) is 24.5. The van der Waals surface area contributed by atoms with Gasteiger partial charge in [0.05, 0.1) is 18.4 Å². The molecule has 1 atom stereocenters. The van der Waals surface area contributed by atoms with Crippen molar-refractivity contribution in [2.75, 3.05) is 33.2 Å². The minimum Gasteiger partial charge on any atom is -0.419 e. The highest BCUT2D eigenvalue weighted by Crippen LogP contribution is 2.31. The van der Waals surface area contributed by atoms with Crippen molar-refractivity contribution in [2.45, 2.75) is 31.2 Å². The van der Waals surface area contributed by atoms with Gasteiger partial charge in [-0.25, -0.2) is 4.98 Å². The summed E-state index contributed by atoms with van der Waals surface area (Å²) in [5, 5.41) is 8.50. The molecule has 4 rings (SSSR count). The zero-order valence-electron chi connectivity index (χ0n) is 13.9. The van der Waals surface area contributed by atoms with E-state index in [1.54, 1.807) is 12.5 Å². The standard InChI is InChI=1S/C16H24N6O/c1-20-6-4-13(5-7-20)22-8-3-12(10-22)15-18-19-16(23-15)14-9-17-11-21(14)2/h9,11-13H,3-8,10H2,1-2H3. The van der Waals surface area contributed by atoms with Gasteiger partial charge in [-0.1, -0.05) is 0 Å². The molecule has 0 spiro atoms. The third-order valence-electron chi connectivity index (χ3n) is 5.25. The molecule has 7 heteroatoms. The Bertz CT molecular complexity index is 657. The van der Waals surface area contributed by atoms with Crippen LogP contribution in [0.1, 0.15) is 31.1 Å². The van der Waals surface area contributed by atoms with Crippen LogP contribution in [0, 0.1) is 0 Å². The van der Waals surface area contributed by atoms with Gasteiger partial charge in [-0.2, -0.15) is 0 Å². The Morgan fingerprint density at radius 3 is 2.65 bits per heavy atom. The maximum absolute atomic E-state index is 5.93. The maximum Gasteiger partial charge on any atom is 0.265 e. The number of likely N-dealkylation sites (tertiary alicyclic amines) is 2. The number of hydrogen-bond donors (Lipinski definition) is 0. The molecule has 2 aliphatic heterocycles. The van der Waals surface area contributed by atoms with Gasteiger partial charge in [0, 0.05) is 19.6 Å². The molecule has 2 fully saturated rings. The van der Waals surface area contributed by atoms with Crippen LogP contribution < -0.4 is 0 Å². The highest BCUT2D eigenvalue weighted by Gasteiger charge is 2.33. The van der Waals surface area contributed by atoms with E-state index in [1.807, 2.05) is 11.6 Å². The van der Waals surface area contributed by atoms with Gasteiger partial charge in [0.1, 0.15) is 5.69 Å². The average Bonchev–Trinajstić information content (AvgIpc) is 3.26.